The molecule has 0 radical (unpaired) electrons. The molecule has 4 nitrogen and oxygen atoms in total. The van der Waals surface area contributed by atoms with Gasteiger partial charge in [0.25, 0.3) is 0 Å². The molecule has 0 fully saturated rings. The lowest BCUT2D eigenvalue weighted by molar-refractivity contribution is 1.17. The maximum Gasteiger partial charge on any atom is 0.160 e. The predicted molar refractivity (Wildman–Crippen MR) is 232 cm³/mol. The minimum absolute atomic E-state index is 0.0922. The molecule has 56 heavy (non-hydrogen) atoms. The van der Waals surface area contributed by atoms with E-state index >= 15 is 0 Å². The molecule has 4 heteroatoms. The Morgan fingerprint density at radius 2 is 0.929 bits per heavy atom. The molecule has 0 saturated carbocycles. The van der Waals surface area contributed by atoms with E-state index in [0.29, 0.717) is 22.8 Å². The lowest BCUT2D eigenvalue weighted by Gasteiger charge is -2.12. The zero-order valence-corrected chi connectivity index (χ0v) is 29.9. The van der Waals surface area contributed by atoms with E-state index in [1.54, 1.807) is 4.57 Å². The molecule has 0 atom stereocenters. The van der Waals surface area contributed by atoms with Gasteiger partial charge in [-0.15, -0.1) is 0 Å². The highest BCUT2D eigenvalue weighted by Crippen LogP contribution is 2.38. The predicted octanol–water partition coefficient (Wildman–Crippen LogP) is 13.3. The summed E-state index contributed by atoms with van der Waals surface area (Å²) in [7, 11) is 0. The average molecular weight is 722 g/mol. The molecule has 0 unspecified atom stereocenters. The van der Waals surface area contributed by atoms with Crippen LogP contribution in [0.5, 0.6) is 0 Å². The van der Waals surface area contributed by atoms with E-state index in [0.717, 1.165) is 49.9 Å². The third-order valence-corrected chi connectivity index (χ3v) is 10.4. The Morgan fingerprint density at radius 1 is 0.357 bits per heavy atom. The standard InChI is InChI=1S/C52H34N4/c1-4-14-35(15-5-1)46-34-47(54-52(53-46)37-16-6-2-7-17-37)36-24-28-41(29-25-36)56-49-23-13-11-21-43(49)45-33-39(27-31-51(45)56)38-26-30-50-44(32-38)42-20-10-12-22-48(42)55(50)40-18-8-3-9-19-40/h1-34H/i11D,13D,21D,23D,27D,31D,33D. The molecule has 0 aliphatic heterocycles. The molecule has 3 heterocycles. The first kappa shape index (κ1) is 25.5. The van der Waals surface area contributed by atoms with Crippen LogP contribution in [0.15, 0.2) is 206 Å². The van der Waals surface area contributed by atoms with Gasteiger partial charge in [-0.1, -0.05) is 139 Å². The zero-order valence-electron chi connectivity index (χ0n) is 36.9. The van der Waals surface area contributed by atoms with Crippen LogP contribution in [-0.4, -0.2) is 19.1 Å². The van der Waals surface area contributed by atoms with Crippen molar-refractivity contribution in [2.75, 3.05) is 0 Å². The first-order valence-corrected chi connectivity index (χ1v) is 18.4. The molecule has 0 aliphatic carbocycles. The second kappa shape index (κ2) is 13.1. The highest BCUT2D eigenvalue weighted by atomic mass is 15.0. The number of rotatable bonds is 6. The summed E-state index contributed by atoms with van der Waals surface area (Å²) in [5.74, 6) is 0.566. The van der Waals surface area contributed by atoms with Gasteiger partial charge in [-0.25, -0.2) is 9.97 Å². The summed E-state index contributed by atoms with van der Waals surface area (Å²) in [6.45, 7) is 0. The first-order chi connectivity index (χ1) is 30.7. The Morgan fingerprint density at radius 3 is 1.70 bits per heavy atom. The first-order valence-electron chi connectivity index (χ1n) is 21.9. The fourth-order valence-corrected chi connectivity index (χ4v) is 7.75. The zero-order chi connectivity index (χ0) is 43.1. The van der Waals surface area contributed by atoms with Gasteiger partial charge in [0, 0.05) is 49.6 Å². The summed E-state index contributed by atoms with van der Waals surface area (Å²) in [6.07, 6.45) is 0. The van der Waals surface area contributed by atoms with Crippen LogP contribution in [0.1, 0.15) is 9.60 Å². The Kier molecular flexibility index (Phi) is 5.95. The lowest BCUT2D eigenvalue weighted by Crippen LogP contribution is -1.97. The van der Waals surface area contributed by atoms with Crippen molar-refractivity contribution >= 4 is 43.6 Å². The fourth-order valence-electron chi connectivity index (χ4n) is 7.75. The highest BCUT2D eigenvalue weighted by Gasteiger charge is 2.17. The van der Waals surface area contributed by atoms with Gasteiger partial charge in [0.05, 0.1) is 43.0 Å². The Labute approximate surface area is 334 Å². The molecule has 0 spiro atoms. The van der Waals surface area contributed by atoms with E-state index in [-0.39, 0.29) is 57.6 Å². The molecule has 262 valence electrons. The molecule has 0 saturated heterocycles. The number of para-hydroxylation sites is 3. The SMILES string of the molecule is [2H]c1c([2H])c([2H])c2c(c1[2H])c1c([2H])c(-c3ccc4c(c3)c3ccccc3n4-c3ccccc3)c([2H])c([2H])c1n2-c1ccc(-c2cc(-c3ccccc3)nc(-c3ccccc3)n2)cc1. The summed E-state index contributed by atoms with van der Waals surface area (Å²) >= 11 is 0. The van der Waals surface area contributed by atoms with E-state index in [4.69, 9.17) is 12.7 Å². The van der Waals surface area contributed by atoms with Crippen molar-refractivity contribution in [3.05, 3.63) is 206 Å². The fraction of sp³-hybridized carbons (Fsp3) is 0. The van der Waals surface area contributed by atoms with E-state index in [2.05, 4.69) is 22.8 Å². The second-order valence-corrected chi connectivity index (χ2v) is 13.7. The van der Waals surface area contributed by atoms with Crippen molar-refractivity contribution in [2.24, 2.45) is 0 Å². The van der Waals surface area contributed by atoms with Crippen LogP contribution in [0.25, 0.3) is 100 Å². The van der Waals surface area contributed by atoms with Crippen LogP contribution >= 0.6 is 0 Å². The number of fused-ring (bicyclic) bond motifs is 6. The van der Waals surface area contributed by atoms with Crippen molar-refractivity contribution in [3.63, 3.8) is 0 Å². The Bertz CT molecular complexity index is 3570. The van der Waals surface area contributed by atoms with E-state index < -0.39 is 12.1 Å². The van der Waals surface area contributed by atoms with Crippen LogP contribution in [0.2, 0.25) is 0 Å². The smallest absolute Gasteiger partial charge is 0.160 e. The molecule has 8 aromatic carbocycles. The minimum Gasteiger partial charge on any atom is -0.309 e. The van der Waals surface area contributed by atoms with E-state index in [9.17, 15) is 6.85 Å². The van der Waals surface area contributed by atoms with Crippen LogP contribution in [0.3, 0.4) is 0 Å². The summed E-state index contributed by atoms with van der Waals surface area (Å²) in [5.41, 5.74) is 8.51. The van der Waals surface area contributed by atoms with Gasteiger partial charge in [-0.3, -0.25) is 0 Å². The van der Waals surface area contributed by atoms with Crippen molar-refractivity contribution in [3.8, 4) is 56.4 Å². The number of hydrogen-bond donors (Lipinski definition) is 0. The van der Waals surface area contributed by atoms with Gasteiger partial charge in [0.1, 0.15) is 0 Å². The molecule has 0 amide bonds. The lowest BCUT2D eigenvalue weighted by atomic mass is 10.0. The van der Waals surface area contributed by atoms with Crippen LogP contribution in [0.4, 0.5) is 0 Å². The minimum atomic E-state index is -0.438. The average Bonchev–Trinajstić information content (AvgIpc) is 3.87. The van der Waals surface area contributed by atoms with Crippen molar-refractivity contribution < 1.29 is 9.60 Å². The molecule has 0 N–H and O–H groups in total. The normalized spacial score (nSPS) is 13.3. The molecule has 3 aromatic heterocycles. The topological polar surface area (TPSA) is 35.6 Å². The summed E-state index contributed by atoms with van der Waals surface area (Å²) in [4.78, 5) is 9.88. The molecule has 0 bridgehead atoms. The Hall–Kier alpha value is -7.56. The second-order valence-electron chi connectivity index (χ2n) is 13.7. The van der Waals surface area contributed by atoms with E-state index in [1.165, 1.54) is 0 Å². The van der Waals surface area contributed by atoms with Gasteiger partial charge >= 0.3 is 0 Å². The highest BCUT2D eigenvalue weighted by molar-refractivity contribution is 6.12. The maximum atomic E-state index is 9.81. The van der Waals surface area contributed by atoms with Gasteiger partial charge in [0.15, 0.2) is 5.82 Å². The van der Waals surface area contributed by atoms with E-state index in [1.807, 2.05) is 146 Å². The van der Waals surface area contributed by atoms with Gasteiger partial charge in [0.2, 0.25) is 0 Å². The third kappa shape index (κ3) is 5.31. The molecule has 11 aromatic rings. The molecular formula is C52H34N4. The summed E-state index contributed by atoms with van der Waals surface area (Å²) < 4.78 is 68.5. The van der Waals surface area contributed by atoms with Gasteiger partial charge < -0.3 is 9.13 Å². The van der Waals surface area contributed by atoms with Crippen LogP contribution < -0.4 is 0 Å². The van der Waals surface area contributed by atoms with Gasteiger partial charge in [-0.2, -0.15) is 0 Å². The number of hydrogen-bond acceptors (Lipinski definition) is 2. The van der Waals surface area contributed by atoms with Crippen LogP contribution in [0, 0.1) is 0 Å². The number of nitrogens with zero attached hydrogens (tertiary/aromatic N) is 4. The van der Waals surface area contributed by atoms with Crippen molar-refractivity contribution in [2.45, 2.75) is 0 Å². The Balaban J connectivity index is 1.12. The van der Waals surface area contributed by atoms with Crippen molar-refractivity contribution in [1.29, 1.82) is 0 Å². The maximum absolute atomic E-state index is 9.81. The number of aromatic nitrogens is 4. The van der Waals surface area contributed by atoms with Gasteiger partial charge in [-0.05, 0) is 77.8 Å². The monoisotopic (exact) mass is 721 g/mol. The molecule has 0 aliphatic rings. The van der Waals surface area contributed by atoms with Crippen molar-refractivity contribution in [1.82, 2.24) is 19.1 Å². The third-order valence-electron chi connectivity index (χ3n) is 10.4. The summed E-state index contributed by atoms with van der Waals surface area (Å²) in [5, 5.41) is 2.21. The summed E-state index contributed by atoms with van der Waals surface area (Å²) in [6, 6.07) is 51.0. The number of benzene rings is 8. The quantitative estimate of drug-likeness (QED) is 0.171. The largest absolute Gasteiger partial charge is 0.309 e. The molecule has 11 rings (SSSR count). The molecular weight excluding hydrogens is 681 g/mol. The van der Waals surface area contributed by atoms with Crippen LogP contribution in [-0.2, 0) is 0 Å².